The molecule has 0 heterocycles. The zero-order chi connectivity index (χ0) is 13.2. The Hall–Kier alpha value is -1.68. The minimum absolute atomic E-state index is 0.244. The third-order valence-electron chi connectivity index (χ3n) is 1.93. The first kappa shape index (κ1) is 13.4. The van der Waals surface area contributed by atoms with Crippen LogP contribution in [0, 0.1) is 18.3 Å². The van der Waals surface area contributed by atoms with Crippen molar-refractivity contribution < 1.29 is 23.1 Å². The molecule has 0 spiro atoms. The summed E-state index contributed by atoms with van der Waals surface area (Å²) >= 11 is -0.538. The van der Waals surface area contributed by atoms with Gasteiger partial charge >= 0.3 is 11.5 Å². The van der Waals surface area contributed by atoms with Crippen molar-refractivity contribution in [2.75, 3.05) is 0 Å². The molecule has 0 aliphatic carbocycles. The van der Waals surface area contributed by atoms with Crippen molar-refractivity contribution >= 4 is 17.7 Å². The summed E-state index contributed by atoms with van der Waals surface area (Å²) < 4.78 is 36.6. The van der Waals surface area contributed by atoms with Crippen LogP contribution in [0.2, 0.25) is 0 Å². The number of halogens is 3. The molecule has 0 aliphatic rings. The predicted octanol–water partition coefficient (Wildman–Crippen LogP) is 3.18. The third-order valence-corrected chi connectivity index (χ3v) is 2.72. The number of thioether (sulfide) groups is 1. The van der Waals surface area contributed by atoms with Gasteiger partial charge < -0.3 is 5.11 Å². The Morgan fingerprint density at radius 3 is 2.47 bits per heavy atom. The maximum absolute atomic E-state index is 12.2. The molecule has 0 fully saturated rings. The van der Waals surface area contributed by atoms with Crippen LogP contribution in [-0.2, 0) is 0 Å². The van der Waals surface area contributed by atoms with Crippen molar-refractivity contribution in [3.63, 3.8) is 0 Å². The van der Waals surface area contributed by atoms with E-state index < -0.39 is 33.7 Å². The van der Waals surface area contributed by atoms with Crippen LogP contribution in [0.25, 0.3) is 0 Å². The lowest BCUT2D eigenvalue weighted by Gasteiger charge is -2.11. The van der Waals surface area contributed by atoms with E-state index >= 15 is 0 Å². The lowest BCUT2D eigenvalue weighted by Crippen LogP contribution is -2.08. The smallest absolute Gasteiger partial charge is 0.446 e. The molecular weight excluding hydrogens is 255 g/mol. The second kappa shape index (κ2) is 4.67. The van der Waals surface area contributed by atoms with E-state index in [9.17, 15) is 18.0 Å². The molecule has 0 aromatic heterocycles. The number of aromatic carboxylic acids is 1. The molecule has 0 aliphatic heterocycles. The predicted molar refractivity (Wildman–Crippen MR) is 54.8 cm³/mol. The van der Waals surface area contributed by atoms with Gasteiger partial charge in [0, 0.05) is 4.90 Å². The Morgan fingerprint density at radius 1 is 1.47 bits per heavy atom. The molecule has 0 atom stereocenters. The number of hydrogen-bond acceptors (Lipinski definition) is 3. The van der Waals surface area contributed by atoms with Crippen LogP contribution in [0.4, 0.5) is 13.2 Å². The Bertz CT molecular complexity index is 505. The van der Waals surface area contributed by atoms with Crippen molar-refractivity contribution in [3.8, 4) is 6.07 Å². The largest absolute Gasteiger partial charge is 0.478 e. The fourth-order valence-electron chi connectivity index (χ4n) is 1.25. The van der Waals surface area contributed by atoms with Gasteiger partial charge in [-0.25, -0.2) is 4.79 Å². The monoisotopic (exact) mass is 261 g/mol. The number of carboxylic acids is 1. The maximum Gasteiger partial charge on any atom is 0.446 e. The first-order valence-corrected chi connectivity index (χ1v) is 5.10. The van der Waals surface area contributed by atoms with E-state index in [2.05, 4.69) is 0 Å². The SMILES string of the molecule is Cc1ccc(SC(F)(F)F)c(C(=O)O)c1C#N. The van der Waals surface area contributed by atoms with Gasteiger partial charge in [-0.05, 0) is 30.3 Å². The number of alkyl halides is 3. The Morgan fingerprint density at radius 2 is 2.06 bits per heavy atom. The number of rotatable bonds is 2. The van der Waals surface area contributed by atoms with Gasteiger partial charge in [-0.3, -0.25) is 0 Å². The average molecular weight is 261 g/mol. The van der Waals surface area contributed by atoms with E-state index in [1.54, 1.807) is 6.07 Å². The number of carbonyl (C=O) groups is 1. The summed E-state index contributed by atoms with van der Waals surface area (Å²) in [4.78, 5) is 10.4. The summed E-state index contributed by atoms with van der Waals surface area (Å²) in [5.41, 5.74) is -5.11. The van der Waals surface area contributed by atoms with Crippen molar-refractivity contribution in [2.24, 2.45) is 0 Å². The Balaban J connectivity index is 3.42. The summed E-state index contributed by atoms with van der Waals surface area (Å²) in [6, 6.07) is 3.95. The number of hydrogen-bond donors (Lipinski definition) is 1. The van der Waals surface area contributed by atoms with Crippen LogP contribution in [-0.4, -0.2) is 16.6 Å². The average Bonchev–Trinajstić information content (AvgIpc) is 2.17. The van der Waals surface area contributed by atoms with E-state index in [1.807, 2.05) is 0 Å². The van der Waals surface area contributed by atoms with Gasteiger partial charge in [0.15, 0.2) is 0 Å². The van der Waals surface area contributed by atoms with E-state index in [1.165, 1.54) is 13.0 Å². The molecule has 17 heavy (non-hydrogen) atoms. The molecule has 90 valence electrons. The minimum Gasteiger partial charge on any atom is -0.478 e. The second-order valence-electron chi connectivity index (χ2n) is 3.10. The summed E-state index contributed by atoms with van der Waals surface area (Å²) in [7, 11) is 0. The van der Waals surface area contributed by atoms with Crippen LogP contribution in [0.3, 0.4) is 0 Å². The molecule has 0 saturated heterocycles. The van der Waals surface area contributed by atoms with Gasteiger partial charge in [0.1, 0.15) is 6.07 Å². The van der Waals surface area contributed by atoms with Crippen molar-refractivity contribution in [1.29, 1.82) is 5.26 Å². The summed E-state index contributed by atoms with van der Waals surface area (Å²) in [6.07, 6.45) is 0. The van der Waals surface area contributed by atoms with E-state index in [0.717, 1.165) is 6.07 Å². The van der Waals surface area contributed by atoms with E-state index in [-0.39, 0.29) is 5.56 Å². The Labute approximate surface area is 98.9 Å². The fraction of sp³-hybridized carbons (Fsp3) is 0.200. The van der Waals surface area contributed by atoms with Gasteiger partial charge in [0.2, 0.25) is 0 Å². The van der Waals surface area contributed by atoms with Crippen molar-refractivity contribution in [3.05, 3.63) is 28.8 Å². The molecular formula is C10H6F3NO2S. The zero-order valence-electron chi connectivity index (χ0n) is 8.50. The highest BCUT2D eigenvalue weighted by atomic mass is 32.2. The number of nitrogens with zero attached hydrogens (tertiary/aromatic N) is 1. The normalized spacial score (nSPS) is 11.0. The lowest BCUT2D eigenvalue weighted by molar-refractivity contribution is -0.0328. The maximum atomic E-state index is 12.2. The second-order valence-corrected chi connectivity index (χ2v) is 4.20. The van der Waals surface area contributed by atoms with Gasteiger partial charge in [-0.2, -0.15) is 18.4 Å². The van der Waals surface area contributed by atoms with Gasteiger partial charge in [0.25, 0.3) is 0 Å². The molecule has 0 amide bonds. The highest BCUT2D eigenvalue weighted by Crippen LogP contribution is 2.39. The molecule has 7 heteroatoms. The van der Waals surface area contributed by atoms with E-state index in [4.69, 9.17) is 10.4 Å². The van der Waals surface area contributed by atoms with Crippen LogP contribution < -0.4 is 0 Å². The molecule has 0 saturated carbocycles. The van der Waals surface area contributed by atoms with Crippen LogP contribution in [0.15, 0.2) is 17.0 Å². The molecule has 0 bridgehead atoms. The van der Waals surface area contributed by atoms with Crippen LogP contribution in [0.1, 0.15) is 21.5 Å². The molecule has 3 nitrogen and oxygen atoms in total. The van der Waals surface area contributed by atoms with Gasteiger partial charge in [0.05, 0.1) is 11.1 Å². The minimum atomic E-state index is -4.59. The standard InChI is InChI=1S/C10H6F3NO2S/c1-5-2-3-7(17-10(11,12)13)8(9(15)16)6(5)4-14/h2-3H,1H3,(H,15,16). The van der Waals surface area contributed by atoms with Gasteiger partial charge in [-0.1, -0.05) is 6.07 Å². The first-order chi connectivity index (χ1) is 7.76. The van der Waals surface area contributed by atoms with Crippen molar-refractivity contribution in [2.45, 2.75) is 17.3 Å². The molecule has 1 N–H and O–H groups in total. The summed E-state index contributed by atoms with van der Waals surface area (Å²) in [6.45, 7) is 1.47. The lowest BCUT2D eigenvalue weighted by atomic mass is 10.0. The summed E-state index contributed by atoms with van der Waals surface area (Å²) in [5, 5.41) is 17.6. The quantitative estimate of drug-likeness (QED) is 0.830. The van der Waals surface area contributed by atoms with E-state index in [0.29, 0.717) is 5.56 Å². The highest BCUT2D eigenvalue weighted by molar-refractivity contribution is 8.00. The van der Waals surface area contributed by atoms with Crippen molar-refractivity contribution in [1.82, 2.24) is 0 Å². The highest BCUT2D eigenvalue weighted by Gasteiger charge is 2.32. The van der Waals surface area contributed by atoms with Gasteiger partial charge in [-0.15, -0.1) is 0 Å². The topological polar surface area (TPSA) is 61.1 Å². The Kier molecular flexibility index (Phi) is 3.68. The molecule has 1 rings (SSSR count). The molecule has 1 aromatic carbocycles. The number of carboxylic acid groups (broad SMARTS) is 1. The molecule has 0 unspecified atom stereocenters. The van der Waals surface area contributed by atoms with Crippen LogP contribution in [0.5, 0.6) is 0 Å². The number of benzene rings is 1. The summed E-state index contributed by atoms with van der Waals surface area (Å²) in [5.74, 6) is -1.54. The first-order valence-electron chi connectivity index (χ1n) is 4.29. The molecule has 1 aromatic rings. The third kappa shape index (κ3) is 3.14. The zero-order valence-corrected chi connectivity index (χ0v) is 9.32. The molecule has 0 radical (unpaired) electrons. The fourth-order valence-corrected chi connectivity index (χ4v) is 1.93. The number of nitriles is 1. The van der Waals surface area contributed by atoms with Crippen LogP contribution >= 0.6 is 11.8 Å². The number of aryl methyl sites for hydroxylation is 1.